The van der Waals surface area contributed by atoms with E-state index in [1.54, 1.807) is 33.4 Å². The lowest BCUT2D eigenvalue weighted by molar-refractivity contribution is 0.0206. The van der Waals surface area contributed by atoms with Crippen molar-refractivity contribution in [3.63, 3.8) is 0 Å². The molecule has 1 aromatic carbocycles. The van der Waals surface area contributed by atoms with Crippen LogP contribution in [0.5, 0.6) is 0 Å². The van der Waals surface area contributed by atoms with E-state index >= 15 is 0 Å². The highest BCUT2D eigenvalue weighted by molar-refractivity contribution is 5.53. The van der Waals surface area contributed by atoms with Crippen molar-refractivity contribution in [2.45, 2.75) is 152 Å². The van der Waals surface area contributed by atoms with E-state index in [0.29, 0.717) is 24.2 Å². The van der Waals surface area contributed by atoms with Gasteiger partial charge in [-0.15, -0.1) is 0 Å². The third-order valence-electron chi connectivity index (χ3n) is 11.1. The Bertz CT molecular complexity index is 829. The summed E-state index contributed by atoms with van der Waals surface area (Å²) in [5, 5.41) is 0. The van der Waals surface area contributed by atoms with Crippen LogP contribution in [0.25, 0.3) is 0 Å². The van der Waals surface area contributed by atoms with Gasteiger partial charge in [-0.1, -0.05) is 55.4 Å². The Hall–Kier alpha value is -0.860. The van der Waals surface area contributed by atoms with Crippen LogP contribution in [0.4, 0.5) is 0 Å². The molecule has 0 aromatic heterocycles. The summed E-state index contributed by atoms with van der Waals surface area (Å²) in [7, 11) is 0. The molecule has 0 amide bonds. The molecule has 0 saturated carbocycles. The number of hydrogen-bond acceptors (Lipinski definition) is 2. The summed E-state index contributed by atoms with van der Waals surface area (Å²) in [5.74, 6) is 3.06. The maximum atomic E-state index is 2.87. The first-order chi connectivity index (χ1) is 16.5. The van der Waals surface area contributed by atoms with Crippen LogP contribution in [-0.2, 0) is 38.8 Å². The summed E-state index contributed by atoms with van der Waals surface area (Å²) in [5.41, 5.74) is 10.1. The lowest BCUT2D eigenvalue weighted by Crippen LogP contribution is -2.51. The Balaban J connectivity index is 2.17. The molecule has 0 N–H and O–H groups in total. The SMILES string of the molecule is CCc1c(CC)c(CN2[C@H](C)[C@H](C)[C@H](C)[C@@H]2C)c(CC)c(CN2[C@H](C)[C@H](C)C[C@H](C)[C@@H]2C)c1CC. The molecule has 0 bridgehead atoms. The Morgan fingerprint density at radius 2 is 0.743 bits per heavy atom. The molecule has 2 heteroatoms. The predicted molar refractivity (Wildman–Crippen MR) is 154 cm³/mol. The van der Waals surface area contributed by atoms with Crippen LogP contribution in [0, 0.1) is 23.7 Å². The van der Waals surface area contributed by atoms with Gasteiger partial charge in [0, 0.05) is 37.3 Å². The van der Waals surface area contributed by atoms with Crippen LogP contribution in [0.15, 0.2) is 0 Å². The zero-order valence-corrected chi connectivity index (χ0v) is 25.5. The van der Waals surface area contributed by atoms with Crippen molar-refractivity contribution in [3.05, 3.63) is 33.4 Å². The van der Waals surface area contributed by atoms with Crippen LogP contribution in [-0.4, -0.2) is 34.0 Å². The summed E-state index contributed by atoms with van der Waals surface area (Å²) < 4.78 is 0. The van der Waals surface area contributed by atoms with E-state index in [0.717, 1.165) is 62.4 Å². The predicted octanol–water partition coefficient (Wildman–Crippen LogP) is 8.06. The molecular weight excluding hydrogens is 424 g/mol. The minimum absolute atomic E-state index is 0.648. The molecule has 2 fully saturated rings. The number of hydrogen-bond donors (Lipinski definition) is 0. The second-order valence-corrected chi connectivity index (χ2v) is 12.5. The van der Waals surface area contributed by atoms with E-state index in [9.17, 15) is 0 Å². The Morgan fingerprint density at radius 1 is 0.457 bits per heavy atom. The van der Waals surface area contributed by atoms with E-state index in [1.807, 2.05) is 0 Å². The van der Waals surface area contributed by atoms with Gasteiger partial charge in [0.15, 0.2) is 0 Å². The minimum Gasteiger partial charge on any atom is -0.293 e. The fourth-order valence-electron chi connectivity index (χ4n) is 7.98. The maximum Gasteiger partial charge on any atom is 0.0245 e. The lowest BCUT2D eigenvalue weighted by atomic mass is 9.79. The van der Waals surface area contributed by atoms with Gasteiger partial charge in [0.1, 0.15) is 0 Å². The first-order valence-corrected chi connectivity index (χ1v) is 15.2. The van der Waals surface area contributed by atoms with Crippen LogP contribution < -0.4 is 0 Å². The number of nitrogens with zero attached hydrogens (tertiary/aromatic N) is 2. The van der Waals surface area contributed by atoms with Crippen LogP contribution in [0.1, 0.15) is 123 Å². The van der Waals surface area contributed by atoms with Crippen molar-refractivity contribution in [1.82, 2.24) is 9.80 Å². The Kier molecular flexibility index (Phi) is 9.58. The average molecular weight is 483 g/mol. The monoisotopic (exact) mass is 482 g/mol. The van der Waals surface area contributed by atoms with E-state index in [2.05, 4.69) is 92.9 Å². The quantitative estimate of drug-likeness (QED) is 0.370. The molecule has 2 aliphatic rings. The molecule has 200 valence electrons. The minimum atomic E-state index is 0.648. The van der Waals surface area contributed by atoms with Crippen molar-refractivity contribution in [2.75, 3.05) is 0 Å². The number of likely N-dealkylation sites (tertiary alicyclic amines) is 2. The molecule has 8 atom stereocenters. The molecule has 35 heavy (non-hydrogen) atoms. The van der Waals surface area contributed by atoms with Gasteiger partial charge in [-0.05, 0) is 117 Å². The molecule has 2 aliphatic heterocycles. The summed E-state index contributed by atoms with van der Waals surface area (Å²) >= 11 is 0. The molecule has 2 saturated heterocycles. The van der Waals surface area contributed by atoms with Gasteiger partial charge in [0.2, 0.25) is 0 Å². The normalized spacial score (nSPS) is 34.6. The van der Waals surface area contributed by atoms with Crippen molar-refractivity contribution < 1.29 is 0 Å². The number of piperidine rings is 1. The Morgan fingerprint density at radius 3 is 1.09 bits per heavy atom. The lowest BCUT2D eigenvalue weighted by Gasteiger charge is -2.47. The fourth-order valence-corrected chi connectivity index (χ4v) is 7.98. The van der Waals surface area contributed by atoms with Crippen molar-refractivity contribution >= 4 is 0 Å². The second kappa shape index (κ2) is 11.7. The molecule has 3 rings (SSSR count). The summed E-state index contributed by atoms with van der Waals surface area (Å²) in [6.45, 7) is 31.7. The highest BCUT2D eigenvalue weighted by atomic mass is 15.2. The zero-order valence-electron chi connectivity index (χ0n) is 25.5. The molecule has 0 spiro atoms. The van der Waals surface area contributed by atoms with E-state index in [-0.39, 0.29) is 0 Å². The van der Waals surface area contributed by atoms with E-state index in [4.69, 9.17) is 0 Å². The third kappa shape index (κ3) is 5.13. The van der Waals surface area contributed by atoms with Crippen molar-refractivity contribution in [1.29, 1.82) is 0 Å². The van der Waals surface area contributed by atoms with Crippen molar-refractivity contribution in [2.24, 2.45) is 23.7 Å². The first kappa shape index (κ1) is 28.7. The van der Waals surface area contributed by atoms with Gasteiger partial charge in [-0.3, -0.25) is 9.80 Å². The van der Waals surface area contributed by atoms with Gasteiger partial charge < -0.3 is 0 Å². The summed E-state index contributed by atoms with van der Waals surface area (Å²) in [4.78, 5) is 5.71. The maximum absolute atomic E-state index is 2.87. The summed E-state index contributed by atoms with van der Waals surface area (Å²) in [6, 6.07) is 2.60. The van der Waals surface area contributed by atoms with Gasteiger partial charge in [-0.25, -0.2) is 0 Å². The Labute approximate surface area is 219 Å². The van der Waals surface area contributed by atoms with Gasteiger partial charge >= 0.3 is 0 Å². The average Bonchev–Trinajstić information content (AvgIpc) is 3.02. The molecule has 1 aromatic rings. The second-order valence-electron chi connectivity index (χ2n) is 12.5. The van der Waals surface area contributed by atoms with Crippen LogP contribution in [0.2, 0.25) is 0 Å². The summed E-state index contributed by atoms with van der Waals surface area (Å²) in [6.07, 6.45) is 5.99. The van der Waals surface area contributed by atoms with Crippen LogP contribution >= 0.6 is 0 Å². The molecular formula is C33H58N2. The number of rotatable bonds is 8. The van der Waals surface area contributed by atoms with Crippen molar-refractivity contribution in [3.8, 4) is 0 Å². The zero-order chi connectivity index (χ0) is 26.2. The number of benzene rings is 1. The van der Waals surface area contributed by atoms with E-state index < -0.39 is 0 Å². The largest absolute Gasteiger partial charge is 0.293 e. The topological polar surface area (TPSA) is 6.48 Å². The molecule has 0 aliphatic carbocycles. The standard InChI is InChI=1S/C33H58N2/c1-13-28-29(14-2)32(18-34-24(9)20(5)17-21(6)25(34)10)31(16-4)33(30(28)15-3)19-35-26(11)22(7)23(8)27(35)12/h20-27H,13-19H2,1-12H3/t20-,21+,22-,23+,24-,25+,26-,27+. The molecule has 2 heterocycles. The molecule has 0 radical (unpaired) electrons. The van der Waals surface area contributed by atoms with E-state index in [1.165, 1.54) is 6.42 Å². The van der Waals surface area contributed by atoms with Gasteiger partial charge in [-0.2, -0.15) is 0 Å². The van der Waals surface area contributed by atoms with Gasteiger partial charge in [0.25, 0.3) is 0 Å². The molecule has 0 unspecified atom stereocenters. The van der Waals surface area contributed by atoms with Gasteiger partial charge in [0.05, 0.1) is 0 Å². The molecule has 2 nitrogen and oxygen atoms in total. The highest BCUT2D eigenvalue weighted by Gasteiger charge is 2.40. The highest BCUT2D eigenvalue weighted by Crippen LogP contribution is 2.40. The smallest absolute Gasteiger partial charge is 0.0245 e. The first-order valence-electron chi connectivity index (χ1n) is 15.2. The van der Waals surface area contributed by atoms with Crippen LogP contribution in [0.3, 0.4) is 0 Å². The fraction of sp³-hybridized carbons (Fsp3) is 0.818. The third-order valence-corrected chi connectivity index (χ3v) is 11.1.